The first kappa shape index (κ1) is 18.2. The number of ether oxygens (including phenoxy) is 1. The monoisotopic (exact) mass is 353 g/mol. The predicted octanol–water partition coefficient (Wildman–Crippen LogP) is 3.29. The van der Waals surface area contributed by atoms with Gasteiger partial charge in [-0.25, -0.2) is 17.9 Å². The van der Waals surface area contributed by atoms with Crippen LogP contribution in [0.4, 0.5) is 13.2 Å². The summed E-state index contributed by atoms with van der Waals surface area (Å²) in [5.41, 5.74) is 1.11. The minimum absolute atomic E-state index is 0.0283. The van der Waals surface area contributed by atoms with E-state index < -0.39 is 18.2 Å². The van der Waals surface area contributed by atoms with E-state index in [4.69, 9.17) is 5.11 Å². The van der Waals surface area contributed by atoms with E-state index in [9.17, 15) is 18.0 Å². The predicted molar refractivity (Wildman–Crippen MR) is 83.1 cm³/mol. The summed E-state index contributed by atoms with van der Waals surface area (Å²) >= 11 is 0. The summed E-state index contributed by atoms with van der Waals surface area (Å²) in [5.74, 6) is -1.72. The van der Waals surface area contributed by atoms with Crippen LogP contribution in [0.15, 0.2) is 42.5 Å². The standard InChI is InChI=1S/C8H7F3O.C8H7N3O2/c1-12-7-3-2-5(8(10)11)4-6(7)9;12-8(13)5-11-7-4-2-1-3-6(7)9-10-11/h2-4,8H,1H3;1-4H,5H2,(H,12,13). The minimum Gasteiger partial charge on any atom is -0.494 e. The summed E-state index contributed by atoms with van der Waals surface area (Å²) in [6, 6.07) is 10.3. The second-order valence-electron chi connectivity index (χ2n) is 4.82. The van der Waals surface area contributed by atoms with Crippen LogP contribution in [0.25, 0.3) is 11.0 Å². The molecular weight excluding hydrogens is 339 g/mol. The number of para-hydroxylation sites is 1. The zero-order valence-corrected chi connectivity index (χ0v) is 13.1. The number of fused-ring (bicyclic) bond motifs is 1. The normalized spacial score (nSPS) is 10.4. The molecule has 2 aromatic carbocycles. The second kappa shape index (κ2) is 8.13. The Labute approximate surface area is 140 Å². The average Bonchev–Trinajstić information content (AvgIpc) is 2.98. The van der Waals surface area contributed by atoms with E-state index in [1.165, 1.54) is 17.9 Å². The maximum absolute atomic E-state index is 12.8. The molecule has 0 atom stereocenters. The average molecular weight is 353 g/mol. The van der Waals surface area contributed by atoms with Gasteiger partial charge in [0.1, 0.15) is 12.1 Å². The smallest absolute Gasteiger partial charge is 0.325 e. The van der Waals surface area contributed by atoms with E-state index in [-0.39, 0.29) is 17.9 Å². The molecule has 0 amide bonds. The van der Waals surface area contributed by atoms with Gasteiger partial charge in [-0.05, 0) is 30.3 Å². The quantitative estimate of drug-likeness (QED) is 0.779. The molecule has 0 bridgehead atoms. The second-order valence-corrected chi connectivity index (χ2v) is 4.82. The van der Waals surface area contributed by atoms with Gasteiger partial charge in [-0.1, -0.05) is 17.3 Å². The molecule has 3 aromatic rings. The lowest BCUT2D eigenvalue weighted by molar-refractivity contribution is -0.137. The van der Waals surface area contributed by atoms with Crippen molar-refractivity contribution in [1.29, 1.82) is 0 Å². The van der Waals surface area contributed by atoms with Gasteiger partial charge in [0.05, 0.1) is 12.6 Å². The third-order valence-corrected chi connectivity index (χ3v) is 3.13. The Bertz CT molecular complexity index is 868. The third kappa shape index (κ3) is 4.69. The first-order valence-corrected chi connectivity index (χ1v) is 7.04. The molecule has 0 unspecified atom stereocenters. The summed E-state index contributed by atoms with van der Waals surface area (Å²) in [7, 11) is 1.28. The zero-order chi connectivity index (χ0) is 18.4. The van der Waals surface area contributed by atoms with Gasteiger partial charge in [0, 0.05) is 5.56 Å². The number of alkyl halides is 2. The molecule has 1 aromatic heterocycles. The van der Waals surface area contributed by atoms with Crippen LogP contribution < -0.4 is 4.74 Å². The molecule has 3 rings (SSSR count). The summed E-state index contributed by atoms with van der Waals surface area (Å²) in [5, 5.41) is 16.1. The van der Waals surface area contributed by atoms with Gasteiger partial charge < -0.3 is 9.84 Å². The van der Waals surface area contributed by atoms with Crippen LogP contribution in [0, 0.1) is 5.82 Å². The largest absolute Gasteiger partial charge is 0.494 e. The van der Waals surface area contributed by atoms with Gasteiger partial charge in [0.25, 0.3) is 6.43 Å². The van der Waals surface area contributed by atoms with Crippen LogP contribution in [-0.4, -0.2) is 33.2 Å². The Hall–Kier alpha value is -3.10. The van der Waals surface area contributed by atoms with E-state index in [0.717, 1.165) is 17.6 Å². The molecule has 6 nitrogen and oxygen atoms in total. The molecule has 132 valence electrons. The van der Waals surface area contributed by atoms with E-state index >= 15 is 0 Å². The third-order valence-electron chi connectivity index (χ3n) is 3.13. The van der Waals surface area contributed by atoms with Gasteiger partial charge in [0.2, 0.25) is 0 Å². The molecule has 0 aliphatic carbocycles. The van der Waals surface area contributed by atoms with Gasteiger partial charge in [-0.2, -0.15) is 0 Å². The first-order chi connectivity index (χ1) is 11.9. The highest BCUT2D eigenvalue weighted by Crippen LogP contribution is 2.24. The molecule has 0 saturated carbocycles. The Kier molecular flexibility index (Phi) is 5.93. The number of hydrogen-bond acceptors (Lipinski definition) is 4. The highest BCUT2D eigenvalue weighted by Gasteiger charge is 2.10. The number of carboxylic acid groups (broad SMARTS) is 1. The fraction of sp³-hybridized carbons (Fsp3) is 0.188. The van der Waals surface area contributed by atoms with E-state index in [0.29, 0.717) is 5.52 Å². The SMILES string of the molecule is COc1ccc(C(F)F)cc1F.O=C(O)Cn1nnc2ccccc21. The maximum atomic E-state index is 12.8. The number of rotatable bonds is 4. The molecule has 0 saturated heterocycles. The van der Waals surface area contributed by atoms with Crippen molar-refractivity contribution in [1.82, 2.24) is 15.0 Å². The number of hydrogen-bond donors (Lipinski definition) is 1. The molecule has 0 aliphatic rings. The molecule has 0 aliphatic heterocycles. The van der Waals surface area contributed by atoms with Crippen molar-refractivity contribution < 1.29 is 27.8 Å². The topological polar surface area (TPSA) is 77.2 Å². The van der Waals surface area contributed by atoms with Gasteiger partial charge >= 0.3 is 5.97 Å². The Morgan fingerprint density at radius 2 is 2.00 bits per heavy atom. The number of nitrogens with zero attached hydrogens (tertiary/aromatic N) is 3. The highest BCUT2D eigenvalue weighted by molar-refractivity contribution is 5.76. The number of methoxy groups -OCH3 is 1. The number of aromatic nitrogens is 3. The summed E-state index contributed by atoms with van der Waals surface area (Å²) in [6.45, 7) is -0.152. The van der Waals surface area contributed by atoms with E-state index in [1.54, 1.807) is 12.1 Å². The van der Waals surface area contributed by atoms with Crippen molar-refractivity contribution in [3.05, 3.63) is 53.8 Å². The maximum Gasteiger partial charge on any atom is 0.325 e. The van der Waals surface area contributed by atoms with E-state index in [1.807, 2.05) is 12.1 Å². The van der Waals surface area contributed by atoms with Crippen molar-refractivity contribution in [3.63, 3.8) is 0 Å². The van der Waals surface area contributed by atoms with Gasteiger partial charge in [-0.3, -0.25) is 4.79 Å². The number of aliphatic carboxylic acids is 1. The van der Waals surface area contributed by atoms with Crippen LogP contribution in [0.3, 0.4) is 0 Å². The molecule has 1 heterocycles. The molecule has 0 fully saturated rings. The summed E-state index contributed by atoms with van der Waals surface area (Å²) in [6.07, 6.45) is -2.65. The summed E-state index contributed by atoms with van der Waals surface area (Å²) in [4.78, 5) is 10.4. The van der Waals surface area contributed by atoms with Gasteiger partial charge in [0.15, 0.2) is 11.6 Å². The van der Waals surface area contributed by atoms with Crippen molar-refractivity contribution in [2.24, 2.45) is 0 Å². The molecule has 1 N–H and O–H groups in total. The first-order valence-electron chi connectivity index (χ1n) is 7.04. The molecule has 25 heavy (non-hydrogen) atoms. The highest BCUT2D eigenvalue weighted by atomic mass is 19.3. The molecule has 0 radical (unpaired) electrons. The lowest BCUT2D eigenvalue weighted by Crippen LogP contribution is -2.09. The minimum atomic E-state index is -2.65. The van der Waals surface area contributed by atoms with Crippen LogP contribution >= 0.6 is 0 Å². The summed E-state index contributed by atoms with van der Waals surface area (Å²) < 4.78 is 42.6. The van der Waals surface area contributed by atoms with Crippen molar-refractivity contribution in [2.75, 3.05) is 7.11 Å². The molecule has 0 spiro atoms. The van der Waals surface area contributed by atoms with E-state index in [2.05, 4.69) is 15.0 Å². The fourth-order valence-electron chi connectivity index (χ4n) is 1.98. The van der Waals surface area contributed by atoms with Crippen molar-refractivity contribution in [3.8, 4) is 5.75 Å². The Balaban J connectivity index is 0.000000181. The Morgan fingerprint density at radius 3 is 2.60 bits per heavy atom. The zero-order valence-electron chi connectivity index (χ0n) is 13.1. The van der Waals surface area contributed by atoms with Crippen LogP contribution in [0.1, 0.15) is 12.0 Å². The molecule has 9 heteroatoms. The number of halogens is 3. The van der Waals surface area contributed by atoms with Crippen molar-refractivity contribution >= 4 is 17.0 Å². The van der Waals surface area contributed by atoms with Crippen molar-refractivity contribution in [2.45, 2.75) is 13.0 Å². The number of carboxylic acids is 1. The lowest BCUT2D eigenvalue weighted by Gasteiger charge is -2.03. The van der Waals surface area contributed by atoms with Crippen LogP contribution in [0.2, 0.25) is 0 Å². The fourth-order valence-corrected chi connectivity index (χ4v) is 1.98. The van der Waals surface area contributed by atoms with Gasteiger partial charge in [-0.15, -0.1) is 5.10 Å². The lowest BCUT2D eigenvalue weighted by atomic mass is 10.2. The van der Waals surface area contributed by atoms with Crippen LogP contribution in [-0.2, 0) is 11.3 Å². The molecular formula is C16H14F3N3O3. The number of carbonyl (C=O) groups is 1. The number of benzene rings is 2. The Morgan fingerprint density at radius 1 is 1.28 bits per heavy atom. The van der Waals surface area contributed by atoms with Crippen LogP contribution in [0.5, 0.6) is 5.75 Å².